The minimum Gasteiger partial charge on any atom is -0.329 e. The zero-order chi connectivity index (χ0) is 39.0. The summed E-state index contributed by atoms with van der Waals surface area (Å²) in [5.41, 5.74) is 22.4. The number of sulfonamides is 3. The summed E-state index contributed by atoms with van der Waals surface area (Å²) in [4.78, 5) is 0.353. The highest BCUT2D eigenvalue weighted by atomic mass is 32.2. The average Bonchev–Trinajstić information content (AvgIpc) is 3.06. The molecule has 1 unspecified atom stereocenters. The van der Waals surface area contributed by atoms with E-state index in [1.165, 1.54) is 6.07 Å². The Kier molecular flexibility index (Phi) is 15.6. The molecule has 9 N–H and O–H groups in total. The Morgan fingerprint density at radius 1 is 0.577 bits per heavy atom. The third-order valence-electron chi connectivity index (χ3n) is 8.96. The van der Waals surface area contributed by atoms with Gasteiger partial charge < -0.3 is 17.2 Å². The Bertz CT molecular complexity index is 2030. The predicted octanol–water partition coefficient (Wildman–Crippen LogP) is 3.59. The van der Waals surface area contributed by atoms with E-state index in [4.69, 9.17) is 17.2 Å². The summed E-state index contributed by atoms with van der Waals surface area (Å²) < 4.78 is 90.1. The molecule has 52 heavy (non-hydrogen) atoms. The van der Waals surface area contributed by atoms with Crippen LogP contribution in [0.3, 0.4) is 0 Å². The van der Waals surface area contributed by atoms with Crippen molar-refractivity contribution in [2.45, 2.75) is 100 Å². The SMILES string of the molecule is Cc1ccc(S(=O)(=O)NCCN)c(Cc2cc(C)cc(CCC(C)c3cc(C(C)C)cc(C(C)C)c3S(=O)(=O)NCCN)c2S(=O)(=O)NCCN)c1. The fourth-order valence-electron chi connectivity index (χ4n) is 6.37. The fourth-order valence-corrected chi connectivity index (χ4v) is 10.9. The second kappa shape index (κ2) is 18.5. The van der Waals surface area contributed by atoms with Gasteiger partial charge in [0.15, 0.2) is 0 Å². The van der Waals surface area contributed by atoms with E-state index < -0.39 is 30.1 Å². The molecule has 3 aromatic carbocycles. The maximum atomic E-state index is 14.1. The van der Waals surface area contributed by atoms with Gasteiger partial charge in [-0.2, -0.15) is 0 Å². The van der Waals surface area contributed by atoms with Crippen molar-refractivity contribution < 1.29 is 25.3 Å². The van der Waals surface area contributed by atoms with Crippen LogP contribution in [0, 0.1) is 13.8 Å². The van der Waals surface area contributed by atoms with Crippen LogP contribution in [0.4, 0.5) is 0 Å². The van der Waals surface area contributed by atoms with E-state index in [9.17, 15) is 25.3 Å². The van der Waals surface area contributed by atoms with E-state index in [2.05, 4.69) is 28.0 Å². The van der Waals surface area contributed by atoms with Crippen LogP contribution >= 0.6 is 0 Å². The summed E-state index contributed by atoms with van der Waals surface area (Å²) in [6, 6.07) is 12.5. The van der Waals surface area contributed by atoms with Crippen molar-refractivity contribution in [3.63, 3.8) is 0 Å². The maximum absolute atomic E-state index is 14.1. The number of rotatable bonds is 20. The van der Waals surface area contributed by atoms with Crippen molar-refractivity contribution in [3.8, 4) is 0 Å². The van der Waals surface area contributed by atoms with Gasteiger partial charge in [0, 0.05) is 45.7 Å². The van der Waals surface area contributed by atoms with Crippen LogP contribution in [0.25, 0.3) is 0 Å². The molecule has 0 saturated heterocycles. The number of hydrogen-bond donors (Lipinski definition) is 6. The number of nitrogens with one attached hydrogen (secondary N) is 3. The monoisotopic (exact) mass is 778 g/mol. The minimum atomic E-state index is -4.11. The number of nitrogens with two attached hydrogens (primary N) is 3. The van der Waals surface area contributed by atoms with Crippen LogP contribution in [0.5, 0.6) is 0 Å². The van der Waals surface area contributed by atoms with Crippen molar-refractivity contribution in [2.24, 2.45) is 17.2 Å². The van der Waals surface area contributed by atoms with Crippen molar-refractivity contribution in [3.05, 3.63) is 87.0 Å². The van der Waals surface area contributed by atoms with Gasteiger partial charge in [0.25, 0.3) is 0 Å². The lowest BCUT2D eigenvalue weighted by molar-refractivity contribution is 0.572. The molecular weight excluding hydrogens is 721 g/mol. The molecule has 0 spiro atoms. The van der Waals surface area contributed by atoms with Gasteiger partial charge in [0.2, 0.25) is 30.1 Å². The Hall–Kier alpha value is -2.73. The van der Waals surface area contributed by atoms with Crippen LogP contribution < -0.4 is 31.4 Å². The van der Waals surface area contributed by atoms with Gasteiger partial charge in [-0.15, -0.1) is 0 Å². The quantitative estimate of drug-likeness (QED) is 0.0987. The Labute approximate surface area is 311 Å². The highest BCUT2D eigenvalue weighted by molar-refractivity contribution is 7.90. The summed E-state index contributed by atoms with van der Waals surface area (Å²) in [5, 5.41) is 0. The van der Waals surface area contributed by atoms with Gasteiger partial charge in [-0.05, 0) is 83.9 Å². The molecular formula is C37H58N6O6S3. The summed E-state index contributed by atoms with van der Waals surface area (Å²) in [5.74, 6) is -0.235. The lowest BCUT2D eigenvalue weighted by Crippen LogP contribution is -2.31. The molecule has 0 radical (unpaired) electrons. The Morgan fingerprint density at radius 3 is 1.62 bits per heavy atom. The van der Waals surface area contributed by atoms with Gasteiger partial charge in [0.1, 0.15) is 0 Å². The molecule has 15 heteroatoms. The first kappa shape index (κ1) is 43.7. The van der Waals surface area contributed by atoms with E-state index >= 15 is 0 Å². The van der Waals surface area contributed by atoms with E-state index in [0.717, 1.165) is 22.3 Å². The zero-order valence-electron chi connectivity index (χ0n) is 31.5. The van der Waals surface area contributed by atoms with Crippen molar-refractivity contribution in [1.82, 2.24) is 14.2 Å². The zero-order valence-corrected chi connectivity index (χ0v) is 34.0. The van der Waals surface area contributed by atoms with Gasteiger partial charge in [-0.1, -0.05) is 82.1 Å². The topological polar surface area (TPSA) is 217 Å². The number of hydrogen-bond acceptors (Lipinski definition) is 9. The second-order valence-electron chi connectivity index (χ2n) is 14.0. The lowest BCUT2D eigenvalue weighted by atomic mass is 9.86. The van der Waals surface area contributed by atoms with E-state index in [1.807, 2.05) is 52.8 Å². The van der Waals surface area contributed by atoms with Gasteiger partial charge in [-0.25, -0.2) is 39.4 Å². The lowest BCUT2D eigenvalue weighted by Gasteiger charge is -2.25. The molecule has 290 valence electrons. The first-order valence-electron chi connectivity index (χ1n) is 17.8. The highest BCUT2D eigenvalue weighted by Gasteiger charge is 2.30. The van der Waals surface area contributed by atoms with E-state index in [-0.39, 0.29) is 78.1 Å². The van der Waals surface area contributed by atoms with Crippen molar-refractivity contribution in [1.29, 1.82) is 0 Å². The normalized spacial score (nSPS) is 13.3. The van der Waals surface area contributed by atoms with Crippen LogP contribution in [-0.4, -0.2) is 64.5 Å². The molecule has 12 nitrogen and oxygen atoms in total. The van der Waals surface area contributed by atoms with Crippen LogP contribution in [0.15, 0.2) is 57.2 Å². The summed E-state index contributed by atoms with van der Waals surface area (Å²) in [6.45, 7) is 14.2. The number of aryl methyl sites for hydroxylation is 3. The standard InChI is InChI=1S/C37H58N6O6S3/c1-24(2)30-22-33(25(3)4)37(52(48,49)43-17-14-40)34(23-30)28(7)9-10-29-19-27(6)20-32(36(29)51(46,47)42-16-13-39)21-31-18-26(5)8-11-35(31)50(44,45)41-15-12-38/h8,11,18-20,22-25,28,41-43H,9-10,12-17,21,38-40H2,1-7H3. The Morgan fingerprint density at radius 2 is 1.08 bits per heavy atom. The van der Waals surface area contributed by atoms with E-state index in [0.29, 0.717) is 35.1 Å². The maximum Gasteiger partial charge on any atom is 0.241 e. The Balaban J connectivity index is 2.22. The van der Waals surface area contributed by atoms with Crippen molar-refractivity contribution in [2.75, 3.05) is 39.3 Å². The van der Waals surface area contributed by atoms with Gasteiger partial charge >= 0.3 is 0 Å². The first-order valence-corrected chi connectivity index (χ1v) is 22.2. The molecule has 3 aromatic rings. The number of benzene rings is 3. The summed E-state index contributed by atoms with van der Waals surface area (Å²) >= 11 is 0. The average molecular weight is 779 g/mol. The molecule has 0 aromatic heterocycles. The summed E-state index contributed by atoms with van der Waals surface area (Å²) in [6.07, 6.45) is 0.741. The first-order chi connectivity index (χ1) is 24.3. The second-order valence-corrected chi connectivity index (χ2v) is 19.2. The van der Waals surface area contributed by atoms with Crippen LogP contribution in [0.1, 0.15) is 103 Å². The third-order valence-corrected chi connectivity index (χ3v) is 13.8. The van der Waals surface area contributed by atoms with Crippen LogP contribution in [-0.2, 0) is 42.9 Å². The molecule has 0 aliphatic heterocycles. The van der Waals surface area contributed by atoms with Crippen molar-refractivity contribution >= 4 is 30.1 Å². The van der Waals surface area contributed by atoms with E-state index in [1.54, 1.807) is 18.2 Å². The molecule has 3 rings (SSSR count). The largest absolute Gasteiger partial charge is 0.329 e. The summed E-state index contributed by atoms with van der Waals surface area (Å²) in [7, 11) is -12.0. The molecule has 0 amide bonds. The highest BCUT2D eigenvalue weighted by Crippen LogP contribution is 2.38. The third kappa shape index (κ3) is 10.9. The predicted molar refractivity (Wildman–Crippen MR) is 209 cm³/mol. The molecule has 0 bridgehead atoms. The smallest absolute Gasteiger partial charge is 0.241 e. The molecule has 0 heterocycles. The van der Waals surface area contributed by atoms with Crippen LogP contribution in [0.2, 0.25) is 0 Å². The van der Waals surface area contributed by atoms with Gasteiger partial charge in [-0.3, -0.25) is 0 Å². The molecule has 0 fully saturated rings. The minimum absolute atomic E-state index is 0.00949. The van der Waals surface area contributed by atoms with Gasteiger partial charge in [0.05, 0.1) is 14.7 Å². The molecule has 1 atom stereocenters. The molecule has 0 aliphatic rings. The fraction of sp³-hybridized carbons (Fsp3) is 0.514. The molecule has 0 aliphatic carbocycles. The molecule has 0 saturated carbocycles.